The molecule has 145 heavy (non-hydrogen) atoms. The fourth-order valence-electron chi connectivity index (χ4n) is 22.2. The number of alkyl halides is 10. The third-order valence-electron chi connectivity index (χ3n) is 28.2. The maximum atomic E-state index is 14.6. The number of rotatable bonds is 22. The molecule has 7 N–H and O–H groups in total. The van der Waals surface area contributed by atoms with Crippen LogP contribution in [0.5, 0.6) is 86.2 Å². The average Bonchev–Trinajstić information content (AvgIpc) is 1.65. The Labute approximate surface area is 852 Å². The van der Waals surface area contributed by atoms with Crippen LogP contribution >= 0.6 is 37.2 Å². The molecule has 1 saturated heterocycles. The van der Waals surface area contributed by atoms with Crippen molar-refractivity contribution in [3.8, 4) is 86.2 Å². The topological polar surface area (TPSA) is 289 Å². The summed E-state index contributed by atoms with van der Waals surface area (Å²) in [7, 11) is 9.28. The van der Waals surface area contributed by atoms with Gasteiger partial charge in [0.15, 0.2) is 27.2 Å². The van der Waals surface area contributed by atoms with Crippen LogP contribution in [0, 0.1) is 43.4 Å². The fourth-order valence-corrected chi connectivity index (χ4v) is 22.2. The molecule has 10 aromatic rings. The normalized spacial score (nSPS) is 24.7. The summed E-state index contributed by atoms with van der Waals surface area (Å²) < 4.78 is 232. The number of aliphatic hydroxyl groups excluding tert-OH is 1. The second-order valence-electron chi connectivity index (χ2n) is 38.2. The van der Waals surface area contributed by atoms with E-state index in [1.807, 2.05) is 61.5 Å². The molecule has 15 atom stereocenters. The number of phenols is 6. The van der Waals surface area contributed by atoms with Crippen LogP contribution in [0.2, 0.25) is 0 Å². The van der Waals surface area contributed by atoms with E-state index in [2.05, 4.69) is 0 Å². The van der Waals surface area contributed by atoms with Crippen molar-refractivity contribution in [1.82, 2.24) is 0 Å². The minimum atomic E-state index is -2.81. The third kappa shape index (κ3) is 25.7. The molecule has 5 saturated carbocycles. The summed E-state index contributed by atoms with van der Waals surface area (Å²) in [5.74, 6) is -12.0. The van der Waals surface area contributed by atoms with Crippen molar-refractivity contribution in [2.45, 2.75) is 200 Å². The molecule has 23 nitrogen and oxygen atoms in total. The molecule has 6 heterocycles. The zero-order valence-electron chi connectivity index (χ0n) is 81.0. The van der Waals surface area contributed by atoms with E-state index in [0.717, 1.165) is 63.3 Å². The SMILES string of the molecule is C1CCOC1.COCOc1ccc([C@H]2Oc3c(C)cc(OCOC)cc3[C@H]3CC(F)(F)C[C@H]32)cc1.COCOc1ccc([C@H]2Oc3c(COC)cc(OCOC)cc3[C@H]3CC(F)(F)C[C@H]32)cc1.COCc1cc(O)cc2c1O[C@H](c1ccc(O)cc1)[C@@H]1CC(F)(F)C[C@H]21.Cc1cc(O)cc2c1O[C@H](c1ccc(O)cc1)[C@@H]1CC(F)(F)C[C@H]21.Cl.Cl.Cl.OCc1cc(O)cc2c1O[C@H](c1ccc(O)cc1)[C@@H]1CC(F)(F)C[C@H]21. The lowest BCUT2D eigenvalue weighted by Crippen LogP contribution is -2.28. The zero-order chi connectivity index (χ0) is 101. The second-order valence-corrected chi connectivity index (χ2v) is 38.2. The number of hydrogen-bond acceptors (Lipinski definition) is 23. The summed E-state index contributed by atoms with van der Waals surface area (Å²) >= 11 is 0. The Morgan fingerprint density at radius 1 is 0.276 bits per heavy atom. The number of aryl methyl sites for hydroxylation is 2. The molecule has 6 fully saturated rings. The highest BCUT2D eigenvalue weighted by molar-refractivity contribution is 5.86. The lowest BCUT2D eigenvalue weighted by Gasteiger charge is -2.37. The highest BCUT2D eigenvalue weighted by Crippen LogP contribution is 2.66. The van der Waals surface area contributed by atoms with Crippen LogP contribution in [0.15, 0.2) is 182 Å². The van der Waals surface area contributed by atoms with Crippen LogP contribution in [0.3, 0.4) is 0 Å². The molecule has 0 bridgehead atoms. The Hall–Kier alpha value is -11.0. The molecule has 0 unspecified atom stereocenters. The molecule has 10 aromatic carbocycles. The summed E-state index contributed by atoms with van der Waals surface area (Å²) in [5.41, 5.74) is 10.6. The van der Waals surface area contributed by atoms with Gasteiger partial charge < -0.3 is 112 Å². The monoisotopic (exact) mass is 2090 g/mol. The Morgan fingerprint density at radius 3 is 0.821 bits per heavy atom. The first-order valence-corrected chi connectivity index (χ1v) is 47.3. The summed E-state index contributed by atoms with van der Waals surface area (Å²) in [6.07, 6.45) is -2.47. The summed E-state index contributed by atoms with van der Waals surface area (Å²) in [4.78, 5) is 0. The maximum absolute atomic E-state index is 14.6. The Balaban J connectivity index is 0.000000149. The first kappa shape index (κ1) is 111. The Kier molecular flexibility index (Phi) is 36.4. The summed E-state index contributed by atoms with van der Waals surface area (Å²) in [6, 6.07) is 50.3. The van der Waals surface area contributed by atoms with Crippen LogP contribution in [0.4, 0.5) is 43.9 Å². The van der Waals surface area contributed by atoms with Gasteiger partial charge in [0, 0.05) is 224 Å². The van der Waals surface area contributed by atoms with Crippen LogP contribution in [0.25, 0.3) is 0 Å². The Morgan fingerprint density at radius 2 is 0.524 bits per heavy atom. The van der Waals surface area contributed by atoms with Crippen molar-refractivity contribution in [3.63, 3.8) is 0 Å². The van der Waals surface area contributed by atoms with Crippen LogP contribution in [-0.4, -0.2) is 148 Å². The van der Waals surface area contributed by atoms with Crippen LogP contribution < -0.4 is 42.6 Å². The Bertz CT molecular complexity index is 5970. The van der Waals surface area contributed by atoms with Crippen molar-refractivity contribution in [1.29, 1.82) is 0 Å². The molecule has 0 aromatic heterocycles. The number of hydrogen-bond donors (Lipinski definition) is 7. The second kappa shape index (κ2) is 47.5. The number of fused-ring (bicyclic) bond motifs is 15. The van der Waals surface area contributed by atoms with E-state index in [9.17, 15) is 79.6 Å². The van der Waals surface area contributed by atoms with Gasteiger partial charge in [0.2, 0.25) is 29.6 Å². The van der Waals surface area contributed by atoms with Crippen molar-refractivity contribution in [3.05, 3.63) is 265 Å². The smallest absolute Gasteiger partial charge is 0.249 e. The first-order chi connectivity index (χ1) is 68.0. The summed E-state index contributed by atoms with van der Waals surface area (Å²) in [6.45, 7) is 6.30. The highest BCUT2D eigenvalue weighted by Gasteiger charge is 2.60. The standard InChI is InChI=1S/C24H28F2O6.C23H26F2O5.C20H20F2O4.C19H18F2O4.C19H18F2O3.C4H8O.3ClH/c1-27-12-16-8-18(31-14-29-3)9-19-20-10-24(25,26)11-21(20)22(32-23(16)19)15-4-6-17(7-5-15)30-13-28-2;1-14-8-17(29-13-27-3)9-18-19-10-23(24,25)11-20(19)22(30-21(14)18)15-4-6-16(7-5-15)28-12-26-2;1-25-10-12-6-14(24)7-15-16-8-20(21,22)9-17(16)18(26-19(12)15)11-2-4-13(23)5-3-11;20-19(21)7-15-14-6-13(24)5-11(9-22)18(14)25-17(16(15)8-19)10-1-3-12(23)4-2-10;1-10-6-13(23)7-14-15-8-19(20,21)9-16(15)18(24-17(10)14)11-2-4-12(22)5-3-11;1-2-4-5-3-1;;;/h4-9,20-22H,10-14H2,1-3H3;4-9,19-20,22H,10-13H2,1-3H3;2-7,16-18,23-24H,8-10H2,1H3;1-6,15-17,22-24H,7-9H2;2-7,15-16,18,22-23H,8-9H2,1H3;1-4H2;3*1H/t20-,21-,22-;19-,20-,22-;16-,17-,18-;15-,16-,17-;15-,16-,18-;;;;/m11111..../s1. The number of ether oxygens (including phenoxy) is 16. The molecule has 36 heteroatoms. The van der Waals surface area contributed by atoms with Crippen molar-refractivity contribution < 1.29 is 155 Å². The van der Waals surface area contributed by atoms with Gasteiger partial charge in [-0.3, -0.25) is 0 Å². The maximum Gasteiger partial charge on any atom is 0.249 e. The van der Waals surface area contributed by atoms with E-state index in [4.69, 9.17) is 75.8 Å². The predicted octanol–water partition coefficient (Wildman–Crippen LogP) is 25.4. The van der Waals surface area contributed by atoms with Crippen molar-refractivity contribution in [2.75, 3.05) is 83.0 Å². The fraction of sp³-hybridized carbons (Fsp3) is 0.450. The summed E-state index contributed by atoms with van der Waals surface area (Å²) in [5, 5.41) is 67.8. The van der Waals surface area contributed by atoms with Gasteiger partial charge in [-0.15, -0.1) is 37.2 Å². The molecule has 21 rings (SSSR count). The molecular formula is C109H121Cl3F10O23. The number of phenolic OH excluding ortho intramolecular Hbond substituents is 6. The lowest BCUT2D eigenvalue weighted by molar-refractivity contribution is -0.00302. The highest BCUT2D eigenvalue weighted by atomic mass is 35.5. The zero-order valence-corrected chi connectivity index (χ0v) is 83.4. The number of aliphatic hydroxyl groups is 1. The van der Waals surface area contributed by atoms with E-state index < -0.39 is 83.8 Å². The van der Waals surface area contributed by atoms with Gasteiger partial charge in [-0.05, 0) is 187 Å². The van der Waals surface area contributed by atoms with Crippen molar-refractivity contribution in [2.24, 2.45) is 29.6 Å². The van der Waals surface area contributed by atoms with Gasteiger partial charge in [0.25, 0.3) is 0 Å². The van der Waals surface area contributed by atoms with Gasteiger partial charge in [-0.2, -0.15) is 0 Å². The van der Waals surface area contributed by atoms with Gasteiger partial charge in [0.05, 0.1) is 19.8 Å². The minimum absolute atomic E-state index is 0. The number of benzene rings is 10. The van der Waals surface area contributed by atoms with Gasteiger partial charge in [0.1, 0.15) is 117 Å². The van der Waals surface area contributed by atoms with Gasteiger partial charge >= 0.3 is 0 Å². The molecule has 0 spiro atoms. The molecule has 786 valence electrons. The van der Waals surface area contributed by atoms with E-state index >= 15 is 0 Å². The van der Waals surface area contributed by atoms with E-state index in [0.29, 0.717) is 85.1 Å². The van der Waals surface area contributed by atoms with E-state index in [1.165, 1.54) is 76.6 Å². The third-order valence-corrected chi connectivity index (χ3v) is 28.2. The van der Waals surface area contributed by atoms with Gasteiger partial charge in [-0.1, -0.05) is 60.7 Å². The average molecular weight is 2100 g/mol. The first-order valence-electron chi connectivity index (χ1n) is 47.3. The van der Waals surface area contributed by atoms with E-state index in [1.54, 1.807) is 113 Å². The number of aromatic hydroxyl groups is 6. The van der Waals surface area contributed by atoms with Crippen LogP contribution in [0.1, 0.15) is 221 Å². The molecule has 6 aliphatic heterocycles. The predicted molar refractivity (Wildman–Crippen MR) is 522 cm³/mol. The number of methoxy groups -OCH3 is 6. The quantitative estimate of drug-likeness (QED) is 0.0245. The van der Waals surface area contributed by atoms with E-state index in [-0.39, 0.29) is 218 Å². The molecular weight excluding hydrogens is 1970 g/mol. The van der Waals surface area contributed by atoms with Crippen molar-refractivity contribution >= 4 is 37.2 Å². The van der Waals surface area contributed by atoms with Gasteiger partial charge in [-0.25, -0.2) is 43.9 Å². The molecule has 11 aliphatic rings. The minimum Gasteiger partial charge on any atom is -0.508 e. The largest absolute Gasteiger partial charge is 0.508 e. The lowest BCUT2D eigenvalue weighted by atomic mass is 9.79. The number of halogens is 13. The van der Waals surface area contributed by atoms with Crippen LogP contribution in [-0.2, 0) is 53.0 Å². The molecule has 5 aliphatic carbocycles. The molecule has 0 radical (unpaired) electrons. The molecule has 0 amide bonds.